The highest BCUT2D eigenvalue weighted by Crippen LogP contribution is 2.31. The molecule has 2 heterocycles. The maximum atomic E-state index is 4.36. The van der Waals surface area contributed by atoms with Gasteiger partial charge in [-0.05, 0) is 25.9 Å². The summed E-state index contributed by atoms with van der Waals surface area (Å²) in [5.74, 6) is 0.603. The molecule has 0 aliphatic carbocycles. The van der Waals surface area contributed by atoms with Crippen LogP contribution in [0.15, 0.2) is 30.3 Å². The highest BCUT2D eigenvalue weighted by atomic mass is 32.1. The Labute approximate surface area is 105 Å². The number of hydrogen-bond acceptors (Lipinski definition) is 4. The molecule has 3 rings (SSSR count). The van der Waals surface area contributed by atoms with Gasteiger partial charge >= 0.3 is 0 Å². The van der Waals surface area contributed by atoms with Crippen molar-refractivity contribution in [1.82, 2.24) is 15.5 Å². The van der Waals surface area contributed by atoms with E-state index >= 15 is 0 Å². The summed E-state index contributed by atoms with van der Waals surface area (Å²) in [6.07, 6.45) is 2.37. The quantitative estimate of drug-likeness (QED) is 0.884. The average Bonchev–Trinajstić information content (AvgIpc) is 2.90. The summed E-state index contributed by atoms with van der Waals surface area (Å²) in [5, 5.41) is 14.3. The van der Waals surface area contributed by atoms with Crippen LogP contribution in [0, 0.1) is 0 Å². The molecule has 3 nitrogen and oxygen atoms in total. The van der Waals surface area contributed by atoms with E-state index in [2.05, 4.69) is 27.6 Å². The number of piperidine rings is 1. The van der Waals surface area contributed by atoms with Crippen molar-refractivity contribution in [1.29, 1.82) is 0 Å². The first-order valence-electron chi connectivity index (χ1n) is 6.03. The number of benzene rings is 1. The molecule has 0 atom stereocenters. The van der Waals surface area contributed by atoms with Crippen molar-refractivity contribution in [3.63, 3.8) is 0 Å². The third kappa shape index (κ3) is 2.37. The molecule has 2 aromatic rings. The predicted molar refractivity (Wildman–Crippen MR) is 70.2 cm³/mol. The lowest BCUT2D eigenvalue weighted by molar-refractivity contribution is 0.457. The number of aromatic nitrogens is 2. The van der Waals surface area contributed by atoms with Gasteiger partial charge in [0.25, 0.3) is 0 Å². The number of nitrogens with zero attached hydrogens (tertiary/aromatic N) is 2. The molecule has 1 aliphatic heterocycles. The highest BCUT2D eigenvalue weighted by molar-refractivity contribution is 7.14. The lowest BCUT2D eigenvalue weighted by atomic mass is 9.99. The molecule has 0 bridgehead atoms. The zero-order valence-electron chi connectivity index (χ0n) is 9.60. The van der Waals surface area contributed by atoms with E-state index in [-0.39, 0.29) is 0 Å². The molecule has 1 aromatic heterocycles. The lowest BCUT2D eigenvalue weighted by Gasteiger charge is -2.19. The minimum atomic E-state index is 0.603. The molecule has 0 spiro atoms. The van der Waals surface area contributed by atoms with Gasteiger partial charge in [-0.3, -0.25) is 0 Å². The van der Waals surface area contributed by atoms with Crippen LogP contribution in [0.4, 0.5) is 0 Å². The number of rotatable bonds is 2. The minimum Gasteiger partial charge on any atom is -0.317 e. The summed E-state index contributed by atoms with van der Waals surface area (Å²) in [6, 6.07) is 10.3. The SMILES string of the molecule is c1ccc(-c2nnc(C3CCNCC3)s2)cc1. The molecular formula is C13H15N3S. The van der Waals surface area contributed by atoms with Crippen molar-refractivity contribution >= 4 is 11.3 Å². The predicted octanol–water partition coefficient (Wildman–Crippen LogP) is 2.67. The second kappa shape index (κ2) is 4.94. The number of hydrogen-bond donors (Lipinski definition) is 1. The van der Waals surface area contributed by atoms with Gasteiger partial charge in [-0.1, -0.05) is 41.7 Å². The third-order valence-electron chi connectivity index (χ3n) is 3.15. The largest absolute Gasteiger partial charge is 0.317 e. The first kappa shape index (κ1) is 10.9. The molecule has 1 aromatic carbocycles. The monoisotopic (exact) mass is 245 g/mol. The summed E-state index contributed by atoms with van der Waals surface area (Å²) < 4.78 is 0. The molecule has 1 saturated heterocycles. The molecule has 0 amide bonds. The van der Waals surface area contributed by atoms with Crippen LogP contribution < -0.4 is 5.32 Å². The topological polar surface area (TPSA) is 37.8 Å². The van der Waals surface area contributed by atoms with Gasteiger partial charge in [-0.15, -0.1) is 10.2 Å². The van der Waals surface area contributed by atoms with Crippen LogP contribution in [0.25, 0.3) is 10.6 Å². The van der Waals surface area contributed by atoms with Gasteiger partial charge in [-0.25, -0.2) is 0 Å². The van der Waals surface area contributed by atoms with Gasteiger partial charge in [-0.2, -0.15) is 0 Å². The van der Waals surface area contributed by atoms with Gasteiger partial charge in [0.15, 0.2) is 0 Å². The van der Waals surface area contributed by atoms with Crippen LogP contribution in [0.2, 0.25) is 0 Å². The van der Waals surface area contributed by atoms with Crippen LogP contribution in [0.1, 0.15) is 23.8 Å². The Bertz CT molecular complexity index is 474. The van der Waals surface area contributed by atoms with Crippen LogP contribution in [-0.4, -0.2) is 23.3 Å². The molecule has 0 saturated carbocycles. The fourth-order valence-corrected chi connectivity index (χ4v) is 3.18. The molecule has 0 radical (unpaired) electrons. The van der Waals surface area contributed by atoms with E-state index in [1.165, 1.54) is 23.4 Å². The van der Waals surface area contributed by atoms with Crippen LogP contribution in [0.5, 0.6) is 0 Å². The Balaban J connectivity index is 1.83. The van der Waals surface area contributed by atoms with E-state index in [0.717, 1.165) is 18.1 Å². The van der Waals surface area contributed by atoms with Crippen LogP contribution in [-0.2, 0) is 0 Å². The van der Waals surface area contributed by atoms with E-state index in [4.69, 9.17) is 0 Å². The van der Waals surface area contributed by atoms with E-state index in [1.54, 1.807) is 11.3 Å². The average molecular weight is 245 g/mol. The van der Waals surface area contributed by atoms with Gasteiger partial charge in [0, 0.05) is 11.5 Å². The Morgan fingerprint density at radius 2 is 1.82 bits per heavy atom. The summed E-state index contributed by atoms with van der Waals surface area (Å²) in [6.45, 7) is 2.20. The highest BCUT2D eigenvalue weighted by Gasteiger charge is 2.19. The molecular weight excluding hydrogens is 230 g/mol. The third-order valence-corrected chi connectivity index (χ3v) is 4.28. The van der Waals surface area contributed by atoms with Gasteiger partial charge in [0.1, 0.15) is 10.0 Å². The second-order valence-corrected chi connectivity index (χ2v) is 5.34. The van der Waals surface area contributed by atoms with Gasteiger partial charge in [0.05, 0.1) is 0 Å². The van der Waals surface area contributed by atoms with Gasteiger partial charge < -0.3 is 5.32 Å². The standard InChI is InChI=1S/C13H15N3S/c1-2-4-10(5-3-1)12-15-16-13(17-12)11-6-8-14-9-7-11/h1-5,11,14H,6-9H2. The van der Waals surface area contributed by atoms with E-state index < -0.39 is 0 Å². The summed E-state index contributed by atoms with van der Waals surface area (Å²) in [7, 11) is 0. The Hall–Kier alpha value is -1.26. The molecule has 88 valence electrons. The lowest BCUT2D eigenvalue weighted by Crippen LogP contribution is -2.26. The molecule has 0 unspecified atom stereocenters. The van der Waals surface area contributed by atoms with Crippen LogP contribution in [0.3, 0.4) is 0 Å². The Morgan fingerprint density at radius 1 is 1.06 bits per heavy atom. The second-order valence-electron chi connectivity index (χ2n) is 4.34. The van der Waals surface area contributed by atoms with Crippen molar-refractivity contribution < 1.29 is 0 Å². The van der Waals surface area contributed by atoms with Crippen molar-refractivity contribution in [3.05, 3.63) is 35.3 Å². The van der Waals surface area contributed by atoms with E-state index in [1.807, 2.05) is 18.2 Å². The first-order valence-corrected chi connectivity index (χ1v) is 6.84. The first-order chi connectivity index (χ1) is 8.43. The maximum Gasteiger partial charge on any atom is 0.147 e. The van der Waals surface area contributed by atoms with Crippen molar-refractivity contribution in [2.75, 3.05) is 13.1 Å². The normalized spacial score (nSPS) is 17.2. The van der Waals surface area contributed by atoms with Crippen molar-refractivity contribution in [3.8, 4) is 10.6 Å². The molecule has 1 N–H and O–H groups in total. The van der Waals surface area contributed by atoms with Gasteiger partial charge in [0.2, 0.25) is 0 Å². The fourth-order valence-electron chi connectivity index (χ4n) is 2.17. The summed E-state index contributed by atoms with van der Waals surface area (Å²) in [4.78, 5) is 0. The van der Waals surface area contributed by atoms with Crippen molar-refractivity contribution in [2.45, 2.75) is 18.8 Å². The fraction of sp³-hybridized carbons (Fsp3) is 0.385. The van der Waals surface area contributed by atoms with E-state index in [9.17, 15) is 0 Å². The summed E-state index contributed by atoms with van der Waals surface area (Å²) >= 11 is 1.74. The zero-order chi connectivity index (χ0) is 11.5. The minimum absolute atomic E-state index is 0.603. The zero-order valence-corrected chi connectivity index (χ0v) is 10.4. The summed E-state index contributed by atoms with van der Waals surface area (Å²) in [5.41, 5.74) is 1.17. The molecule has 1 fully saturated rings. The molecule has 1 aliphatic rings. The van der Waals surface area contributed by atoms with Crippen LogP contribution >= 0.6 is 11.3 Å². The molecule has 17 heavy (non-hydrogen) atoms. The Morgan fingerprint density at radius 3 is 2.59 bits per heavy atom. The molecule has 4 heteroatoms. The smallest absolute Gasteiger partial charge is 0.147 e. The maximum absolute atomic E-state index is 4.36. The Kier molecular flexibility index (Phi) is 3.16. The van der Waals surface area contributed by atoms with Crippen molar-refractivity contribution in [2.24, 2.45) is 0 Å². The van der Waals surface area contributed by atoms with E-state index in [0.29, 0.717) is 5.92 Å². The number of nitrogens with one attached hydrogen (secondary N) is 1.